The number of hydrogen-bond acceptors (Lipinski definition) is 3. The molecule has 0 atom stereocenters. The number of nitrogens with one attached hydrogen (secondary N) is 1. The topological polar surface area (TPSA) is 77.1 Å². The molecule has 1 aromatic carbocycles. The van der Waals surface area contributed by atoms with E-state index in [-0.39, 0.29) is 27.2 Å². The minimum absolute atomic E-state index is 0.108. The highest BCUT2D eigenvalue weighted by atomic mass is 35.5. The Hall–Kier alpha value is -1.21. The second kappa shape index (κ2) is 5.65. The van der Waals surface area contributed by atoms with Crippen LogP contribution in [-0.4, -0.2) is 13.0 Å². The van der Waals surface area contributed by atoms with E-state index in [9.17, 15) is 8.42 Å². The fourth-order valence-corrected chi connectivity index (χ4v) is 3.51. The summed E-state index contributed by atoms with van der Waals surface area (Å²) in [6, 6.07) is 6.26. The van der Waals surface area contributed by atoms with E-state index in [1.54, 1.807) is 29.8 Å². The first kappa shape index (κ1) is 15.2. The van der Waals surface area contributed by atoms with Crippen molar-refractivity contribution in [3.8, 4) is 0 Å². The lowest BCUT2D eigenvalue weighted by Crippen LogP contribution is -2.13. The van der Waals surface area contributed by atoms with Crippen LogP contribution in [0.15, 0.2) is 35.4 Å². The third-order valence-corrected chi connectivity index (χ3v) is 4.75. The van der Waals surface area contributed by atoms with Crippen LogP contribution in [0.4, 0.5) is 5.69 Å². The van der Waals surface area contributed by atoms with E-state index in [1.807, 2.05) is 0 Å². The van der Waals surface area contributed by atoms with Crippen molar-refractivity contribution in [2.45, 2.75) is 11.4 Å². The van der Waals surface area contributed by atoms with E-state index in [0.717, 1.165) is 0 Å². The molecule has 0 aliphatic heterocycles. The summed E-state index contributed by atoms with van der Waals surface area (Å²) < 4.78 is 28.7. The zero-order valence-corrected chi connectivity index (χ0v) is 12.9. The maximum Gasteiger partial charge on any atom is 0.263 e. The normalized spacial score (nSPS) is 11.6. The molecule has 20 heavy (non-hydrogen) atoms. The standard InChI is InChI=1S/C12H13Cl2N3O2S/c1-17-7-9(5-8(17)6-15)20(18,19)16-12-10(13)3-2-4-11(12)14/h2-5,7,16H,6,15H2,1H3. The average molecular weight is 334 g/mol. The molecule has 5 nitrogen and oxygen atoms in total. The maximum atomic E-state index is 12.3. The number of hydrogen-bond donors (Lipinski definition) is 2. The van der Waals surface area contributed by atoms with Gasteiger partial charge in [0.15, 0.2) is 0 Å². The van der Waals surface area contributed by atoms with Crippen LogP contribution in [0.5, 0.6) is 0 Å². The summed E-state index contributed by atoms with van der Waals surface area (Å²) in [6.07, 6.45) is 1.48. The molecule has 2 aromatic rings. The van der Waals surface area contributed by atoms with Crippen molar-refractivity contribution in [3.05, 3.63) is 46.2 Å². The van der Waals surface area contributed by atoms with Crippen molar-refractivity contribution in [2.75, 3.05) is 4.72 Å². The molecule has 0 spiro atoms. The Morgan fingerprint density at radius 3 is 2.40 bits per heavy atom. The monoisotopic (exact) mass is 333 g/mol. The van der Waals surface area contributed by atoms with Crippen LogP contribution in [0.2, 0.25) is 10.0 Å². The summed E-state index contributed by atoms with van der Waals surface area (Å²) >= 11 is 11.9. The van der Waals surface area contributed by atoms with Crippen molar-refractivity contribution in [1.29, 1.82) is 0 Å². The number of halogens is 2. The second-order valence-corrected chi connectivity index (χ2v) is 6.68. The van der Waals surface area contributed by atoms with E-state index >= 15 is 0 Å². The molecule has 0 amide bonds. The van der Waals surface area contributed by atoms with Crippen LogP contribution in [0.25, 0.3) is 0 Å². The van der Waals surface area contributed by atoms with Gasteiger partial charge in [0, 0.05) is 25.5 Å². The highest BCUT2D eigenvalue weighted by Crippen LogP contribution is 2.31. The van der Waals surface area contributed by atoms with Gasteiger partial charge in [-0.1, -0.05) is 29.3 Å². The molecule has 1 aromatic heterocycles. The molecular formula is C12H13Cl2N3O2S. The van der Waals surface area contributed by atoms with E-state index in [2.05, 4.69) is 4.72 Å². The minimum Gasteiger partial charge on any atom is -0.352 e. The summed E-state index contributed by atoms with van der Waals surface area (Å²) in [6.45, 7) is 0.249. The SMILES string of the molecule is Cn1cc(S(=O)(=O)Nc2c(Cl)cccc2Cl)cc1CN. The lowest BCUT2D eigenvalue weighted by Gasteiger charge is -2.09. The molecule has 0 unspecified atom stereocenters. The van der Waals surface area contributed by atoms with Gasteiger partial charge in [0.25, 0.3) is 10.0 Å². The van der Waals surface area contributed by atoms with E-state index in [1.165, 1.54) is 12.3 Å². The largest absolute Gasteiger partial charge is 0.352 e. The second-order valence-electron chi connectivity index (χ2n) is 4.18. The number of benzene rings is 1. The smallest absolute Gasteiger partial charge is 0.263 e. The lowest BCUT2D eigenvalue weighted by molar-refractivity contribution is 0.601. The Morgan fingerprint density at radius 2 is 1.90 bits per heavy atom. The molecule has 0 aliphatic carbocycles. The molecule has 0 fully saturated rings. The van der Waals surface area contributed by atoms with Crippen LogP contribution in [0.1, 0.15) is 5.69 Å². The van der Waals surface area contributed by atoms with Gasteiger partial charge in [-0.25, -0.2) is 8.42 Å². The van der Waals surface area contributed by atoms with E-state index in [4.69, 9.17) is 28.9 Å². The Kier molecular flexibility index (Phi) is 4.29. The van der Waals surface area contributed by atoms with Crippen LogP contribution < -0.4 is 10.5 Å². The number of nitrogens with zero attached hydrogens (tertiary/aromatic N) is 1. The van der Waals surface area contributed by atoms with Crippen molar-refractivity contribution < 1.29 is 8.42 Å². The van der Waals surface area contributed by atoms with Crippen molar-refractivity contribution in [2.24, 2.45) is 12.8 Å². The first-order chi connectivity index (χ1) is 9.35. The molecule has 0 saturated heterocycles. The number of nitrogens with two attached hydrogens (primary N) is 1. The molecule has 0 radical (unpaired) electrons. The fourth-order valence-electron chi connectivity index (χ4n) is 1.72. The number of sulfonamides is 1. The maximum absolute atomic E-state index is 12.3. The number of anilines is 1. The summed E-state index contributed by atoms with van der Waals surface area (Å²) in [7, 11) is -2.04. The summed E-state index contributed by atoms with van der Waals surface area (Å²) in [5.74, 6) is 0. The van der Waals surface area contributed by atoms with Crippen molar-refractivity contribution >= 4 is 38.9 Å². The highest BCUT2D eigenvalue weighted by molar-refractivity contribution is 7.92. The molecule has 2 rings (SSSR count). The van der Waals surface area contributed by atoms with E-state index in [0.29, 0.717) is 5.69 Å². The lowest BCUT2D eigenvalue weighted by atomic mass is 10.3. The van der Waals surface area contributed by atoms with Gasteiger partial charge < -0.3 is 10.3 Å². The third kappa shape index (κ3) is 2.93. The van der Waals surface area contributed by atoms with Gasteiger partial charge in [-0.15, -0.1) is 0 Å². The summed E-state index contributed by atoms with van der Waals surface area (Å²) in [5.41, 5.74) is 6.40. The molecule has 1 heterocycles. The van der Waals surface area contributed by atoms with Crippen LogP contribution in [0.3, 0.4) is 0 Å². The number of aromatic nitrogens is 1. The van der Waals surface area contributed by atoms with Crippen molar-refractivity contribution in [3.63, 3.8) is 0 Å². The van der Waals surface area contributed by atoms with Gasteiger partial charge in [-0.2, -0.15) is 0 Å². The quantitative estimate of drug-likeness (QED) is 0.902. The Bertz CT molecular complexity index is 721. The number of aryl methyl sites for hydroxylation is 1. The third-order valence-electron chi connectivity index (χ3n) is 2.80. The first-order valence-corrected chi connectivity index (χ1v) is 7.91. The van der Waals surface area contributed by atoms with Crippen LogP contribution >= 0.6 is 23.2 Å². The molecule has 0 bridgehead atoms. The van der Waals surface area contributed by atoms with Crippen LogP contribution in [0, 0.1) is 0 Å². The highest BCUT2D eigenvalue weighted by Gasteiger charge is 2.20. The Labute approximate surface area is 127 Å². The van der Waals surface area contributed by atoms with Gasteiger partial charge in [-0.05, 0) is 18.2 Å². The molecule has 0 saturated carbocycles. The number of rotatable bonds is 4. The average Bonchev–Trinajstić information content (AvgIpc) is 2.76. The Balaban J connectivity index is 2.41. The summed E-state index contributed by atoms with van der Waals surface area (Å²) in [4.78, 5) is 0.108. The van der Waals surface area contributed by atoms with Gasteiger partial charge in [0.2, 0.25) is 0 Å². The zero-order valence-electron chi connectivity index (χ0n) is 10.6. The Morgan fingerprint density at radius 1 is 1.30 bits per heavy atom. The molecular weight excluding hydrogens is 321 g/mol. The van der Waals surface area contributed by atoms with Gasteiger partial charge in [0.1, 0.15) is 4.90 Å². The summed E-state index contributed by atoms with van der Waals surface area (Å²) in [5, 5.41) is 0.465. The van der Waals surface area contributed by atoms with Crippen molar-refractivity contribution in [1.82, 2.24) is 4.57 Å². The van der Waals surface area contributed by atoms with E-state index < -0.39 is 10.0 Å². The number of para-hydroxylation sites is 1. The van der Waals surface area contributed by atoms with Crippen LogP contribution in [-0.2, 0) is 23.6 Å². The molecule has 8 heteroatoms. The predicted molar refractivity (Wildman–Crippen MR) is 80.6 cm³/mol. The first-order valence-electron chi connectivity index (χ1n) is 5.67. The van der Waals surface area contributed by atoms with Gasteiger partial charge in [0.05, 0.1) is 15.7 Å². The molecule has 108 valence electrons. The minimum atomic E-state index is -3.77. The molecule has 3 N–H and O–H groups in total. The predicted octanol–water partition coefficient (Wildman–Crippen LogP) is 2.59. The fraction of sp³-hybridized carbons (Fsp3) is 0.167. The molecule has 0 aliphatic rings. The van der Waals surface area contributed by atoms with Gasteiger partial charge >= 0.3 is 0 Å². The zero-order chi connectivity index (χ0) is 14.9. The van der Waals surface area contributed by atoms with Gasteiger partial charge in [-0.3, -0.25) is 4.72 Å².